The quantitative estimate of drug-likeness (QED) is 0.771. The van der Waals surface area contributed by atoms with Crippen LogP contribution in [0.4, 0.5) is 9.59 Å². The maximum absolute atomic E-state index is 12.2. The minimum atomic E-state index is -0.890. The highest BCUT2D eigenvalue weighted by molar-refractivity contribution is 5.68. The third kappa shape index (κ3) is 5.24. The van der Waals surface area contributed by atoms with Gasteiger partial charge in [-0.1, -0.05) is 36.4 Å². The number of piperidine rings is 1. The molecule has 1 aliphatic rings. The van der Waals surface area contributed by atoms with Crippen LogP contribution in [0.2, 0.25) is 0 Å². The van der Waals surface area contributed by atoms with Crippen LogP contribution in [0.1, 0.15) is 31.7 Å². The number of benzene rings is 1. The largest absolute Gasteiger partial charge is 0.465 e. The normalized spacial score (nSPS) is 17.4. The molecule has 0 bridgehead atoms. The zero-order chi connectivity index (χ0) is 18.3. The Kier molecular flexibility index (Phi) is 6.44. The van der Waals surface area contributed by atoms with Crippen LogP contribution in [0.15, 0.2) is 43.0 Å². The second-order valence-corrected chi connectivity index (χ2v) is 6.64. The van der Waals surface area contributed by atoms with Crippen molar-refractivity contribution in [3.05, 3.63) is 48.6 Å². The summed E-state index contributed by atoms with van der Waals surface area (Å²) in [6, 6.07) is 9.51. The van der Waals surface area contributed by atoms with Crippen molar-refractivity contribution in [3.8, 4) is 0 Å². The van der Waals surface area contributed by atoms with Crippen molar-refractivity contribution in [1.82, 2.24) is 10.2 Å². The summed E-state index contributed by atoms with van der Waals surface area (Å²) in [6.07, 6.45) is 2.44. The van der Waals surface area contributed by atoms with Crippen LogP contribution in [-0.4, -0.2) is 40.8 Å². The molecule has 0 radical (unpaired) electrons. The summed E-state index contributed by atoms with van der Waals surface area (Å²) in [6.45, 7) is 6.94. The molecule has 2 rings (SSSR count). The molecule has 1 fully saturated rings. The van der Waals surface area contributed by atoms with Crippen LogP contribution in [-0.2, 0) is 11.3 Å². The van der Waals surface area contributed by atoms with Crippen LogP contribution in [0, 0.1) is 5.92 Å². The summed E-state index contributed by atoms with van der Waals surface area (Å²) in [7, 11) is 0. The molecule has 1 aliphatic heterocycles. The second-order valence-electron chi connectivity index (χ2n) is 6.64. The fourth-order valence-electron chi connectivity index (χ4n) is 3.32. The number of hydrogen-bond acceptors (Lipinski definition) is 3. The summed E-state index contributed by atoms with van der Waals surface area (Å²) in [5, 5.41) is 12.1. The summed E-state index contributed by atoms with van der Waals surface area (Å²) in [5.41, 5.74) is 0.429. The van der Waals surface area contributed by atoms with Crippen LogP contribution >= 0.6 is 0 Å². The maximum atomic E-state index is 12.2. The highest BCUT2D eigenvalue weighted by Gasteiger charge is 2.38. The number of hydrogen-bond donors (Lipinski definition) is 2. The van der Waals surface area contributed by atoms with Crippen molar-refractivity contribution in [2.75, 3.05) is 13.1 Å². The molecule has 6 heteroatoms. The number of carbonyl (C=O) groups is 2. The highest BCUT2D eigenvalue weighted by Crippen LogP contribution is 2.31. The molecule has 6 nitrogen and oxygen atoms in total. The summed E-state index contributed by atoms with van der Waals surface area (Å²) < 4.78 is 5.33. The van der Waals surface area contributed by atoms with Crippen LogP contribution < -0.4 is 5.32 Å². The van der Waals surface area contributed by atoms with E-state index >= 15 is 0 Å². The van der Waals surface area contributed by atoms with Gasteiger partial charge in [0.25, 0.3) is 0 Å². The Bertz CT molecular complexity index is 597. The van der Waals surface area contributed by atoms with Gasteiger partial charge < -0.3 is 20.1 Å². The van der Waals surface area contributed by atoms with Crippen molar-refractivity contribution in [2.24, 2.45) is 5.92 Å². The molecule has 1 aromatic carbocycles. The fraction of sp³-hybridized carbons (Fsp3) is 0.474. The van der Waals surface area contributed by atoms with E-state index in [-0.39, 0.29) is 12.5 Å². The van der Waals surface area contributed by atoms with Crippen LogP contribution in [0.3, 0.4) is 0 Å². The molecule has 0 spiro atoms. The van der Waals surface area contributed by atoms with Crippen molar-refractivity contribution < 1.29 is 19.4 Å². The lowest BCUT2D eigenvalue weighted by Crippen LogP contribution is -2.54. The van der Waals surface area contributed by atoms with E-state index in [1.54, 1.807) is 6.08 Å². The molecule has 1 atom stereocenters. The number of carboxylic acid groups (broad SMARTS) is 1. The smallest absolute Gasteiger partial charge is 0.407 e. The number of carbonyl (C=O) groups excluding carboxylic acids is 1. The molecule has 1 heterocycles. The topological polar surface area (TPSA) is 78.9 Å². The Labute approximate surface area is 148 Å². The lowest BCUT2D eigenvalue weighted by Gasteiger charge is -2.42. The Morgan fingerprint density at radius 1 is 1.36 bits per heavy atom. The first-order valence-corrected chi connectivity index (χ1v) is 8.52. The summed E-state index contributed by atoms with van der Waals surface area (Å²) >= 11 is 0. The number of alkyl carbamates (subject to hydrolysis) is 1. The Hall–Kier alpha value is -2.50. The molecular weight excluding hydrogens is 320 g/mol. The van der Waals surface area contributed by atoms with Gasteiger partial charge in [0.05, 0.1) is 0 Å². The second kappa shape index (κ2) is 8.55. The first kappa shape index (κ1) is 18.8. The van der Waals surface area contributed by atoms with Gasteiger partial charge in [-0.2, -0.15) is 0 Å². The molecule has 0 saturated carbocycles. The van der Waals surface area contributed by atoms with Crippen LogP contribution in [0.25, 0.3) is 0 Å². The van der Waals surface area contributed by atoms with E-state index in [1.165, 1.54) is 4.90 Å². The monoisotopic (exact) mass is 346 g/mol. The lowest BCUT2D eigenvalue weighted by atomic mass is 9.77. The van der Waals surface area contributed by atoms with E-state index in [9.17, 15) is 9.59 Å². The van der Waals surface area contributed by atoms with Crippen molar-refractivity contribution in [2.45, 2.75) is 38.3 Å². The Balaban J connectivity index is 1.93. The average molecular weight is 346 g/mol. The molecule has 136 valence electrons. The van der Waals surface area contributed by atoms with E-state index < -0.39 is 17.7 Å². The summed E-state index contributed by atoms with van der Waals surface area (Å²) in [4.78, 5) is 24.7. The first-order chi connectivity index (χ1) is 11.9. The number of likely N-dealkylation sites (tertiary alicyclic amines) is 1. The third-order valence-corrected chi connectivity index (χ3v) is 4.84. The SMILES string of the molecule is C=CC[C@](C)(NC(=O)OCc1ccccc1)C1CCN(C(=O)O)CC1. The first-order valence-electron chi connectivity index (χ1n) is 8.52. The minimum absolute atomic E-state index is 0.172. The van der Waals surface area contributed by atoms with Crippen LogP contribution in [0.5, 0.6) is 0 Å². The Morgan fingerprint density at radius 2 is 2.00 bits per heavy atom. The molecule has 0 aromatic heterocycles. The average Bonchev–Trinajstić information content (AvgIpc) is 2.61. The Morgan fingerprint density at radius 3 is 2.56 bits per heavy atom. The molecular formula is C19H26N2O4. The molecule has 2 amide bonds. The van der Waals surface area contributed by atoms with Gasteiger partial charge in [0.2, 0.25) is 0 Å². The van der Waals surface area contributed by atoms with Gasteiger partial charge >= 0.3 is 12.2 Å². The van der Waals surface area contributed by atoms with E-state index in [4.69, 9.17) is 9.84 Å². The zero-order valence-corrected chi connectivity index (χ0v) is 14.6. The van der Waals surface area contributed by atoms with Gasteiger partial charge in [-0.25, -0.2) is 9.59 Å². The van der Waals surface area contributed by atoms with Crippen molar-refractivity contribution in [1.29, 1.82) is 0 Å². The van der Waals surface area contributed by atoms with Gasteiger partial charge in [-0.05, 0) is 37.7 Å². The number of nitrogens with one attached hydrogen (secondary N) is 1. The minimum Gasteiger partial charge on any atom is -0.465 e. The number of rotatable bonds is 6. The van der Waals surface area contributed by atoms with Gasteiger partial charge in [0.1, 0.15) is 6.61 Å². The molecule has 1 aromatic rings. The van der Waals surface area contributed by atoms with E-state index in [0.717, 1.165) is 5.56 Å². The number of ether oxygens (including phenoxy) is 1. The zero-order valence-electron chi connectivity index (χ0n) is 14.6. The number of amides is 2. The highest BCUT2D eigenvalue weighted by atomic mass is 16.5. The van der Waals surface area contributed by atoms with E-state index in [0.29, 0.717) is 32.4 Å². The predicted octanol–water partition coefficient (Wildman–Crippen LogP) is 3.64. The standard InChI is InChI=1S/C19H26N2O4/c1-3-11-19(2,16-9-12-21(13-10-16)18(23)24)20-17(22)25-14-15-7-5-4-6-8-15/h3-8,16H,1,9-14H2,2H3,(H,20,22)(H,23,24)/t19-/m0/s1. The van der Waals surface area contributed by atoms with Crippen molar-refractivity contribution in [3.63, 3.8) is 0 Å². The predicted molar refractivity (Wildman–Crippen MR) is 95.3 cm³/mol. The maximum Gasteiger partial charge on any atom is 0.407 e. The molecule has 1 saturated heterocycles. The molecule has 25 heavy (non-hydrogen) atoms. The molecule has 0 aliphatic carbocycles. The van der Waals surface area contributed by atoms with Gasteiger partial charge in [0, 0.05) is 18.6 Å². The van der Waals surface area contributed by atoms with Gasteiger partial charge in [-0.3, -0.25) is 0 Å². The molecule has 2 N–H and O–H groups in total. The molecule has 0 unspecified atom stereocenters. The number of nitrogens with zero attached hydrogens (tertiary/aromatic N) is 1. The lowest BCUT2D eigenvalue weighted by molar-refractivity contribution is 0.0854. The summed E-state index contributed by atoms with van der Waals surface area (Å²) in [5.74, 6) is 0.172. The van der Waals surface area contributed by atoms with Crippen molar-refractivity contribution >= 4 is 12.2 Å². The van der Waals surface area contributed by atoms with Gasteiger partial charge in [0.15, 0.2) is 0 Å². The third-order valence-electron chi connectivity index (χ3n) is 4.84. The van der Waals surface area contributed by atoms with E-state index in [1.807, 2.05) is 37.3 Å². The van der Waals surface area contributed by atoms with Gasteiger partial charge in [-0.15, -0.1) is 6.58 Å². The van der Waals surface area contributed by atoms with E-state index in [2.05, 4.69) is 11.9 Å². The fourth-order valence-corrected chi connectivity index (χ4v) is 3.32.